The molecule has 0 radical (unpaired) electrons. The molecular weight excluding hydrogens is 370 g/mol. The summed E-state index contributed by atoms with van der Waals surface area (Å²) in [5, 5.41) is 3.07. The van der Waals surface area contributed by atoms with Gasteiger partial charge in [0.15, 0.2) is 0 Å². The maximum atomic E-state index is 13.0. The van der Waals surface area contributed by atoms with E-state index in [-0.39, 0.29) is 55.1 Å². The Morgan fingerprint density at radius 2 is 1.72 bits per heavy atom. The van der Waals surface area contributed by atoms with Crippen LogP contribution >= 0.6 is 0 Å². The molecule has 1 saturated carbocycles. The number of nitrogens with zero attached hydrogens (tertiary/aromatic N) is 2. The number of allylic oxidation sites excluding steroid dienone is 1. The van der Waals surface area contributed by atoms with E-state index >= 15 is 0 Å². The van der Waals surface area contributed by atoms with Crippen molar-refractivity contribution in [2.45, 2.75) is 50.6 Å². The molecule has 7 nitrogen and oxygen atoms in total. The summed E-state index contributed by atoms with van der Waals surface area (Å²) in [4.78, 5) is 52.0. The fourth-order valence-electron chi connectivity index (χ4n) is 4.25. The first-order chi connectivity index (χ1) is 14.0. The fourth-order valence-corrected chi connectivity index (χ4v) is 4.25. The lowest BCUT2D eigenvalue weighted by Gasteiger charge is -2.30. The number of carbonyl (C=O) groups is 4. The highest BCUT2D eigenvalue weighted by atomic mass is 16.2. The third kappa shape index (κ3) is 4.09. The molecule has 29 heavy (non-hydrogen) atoms. The topological polar surface area (TPSA) is 86.8 Å². The van der Waals surface area contributed by atoms with Crippen molar-refractivity contribution in [3.8, 4) is 0 Å². The van der Waals surface area contributed by atoms with E-state index in [1.165, 1.54) is 0 Å². The van der Waals surface area contributed by atoms with Crippen LogP contribution in [0.2, 0.25) is 0 Å². The number of hydrogen-bond acceptors (Lipinski definition) is 4. The van der Waals surface area contributed by atoms with Crippen LogP contribution in [-0.4, -0.2) is 52.6 Å². The van der Waals surface area contributed by atoms with Crippen molar-refractivity contribution < 1.29 is 19.2 Å². The Labute approximate surface area is 169 Å². The van der Waals surface area contributed by atoms with E-state index in [9.17, 15) is 19.2 Å². The van der Waals surface area contributed by atoms with Crippen LogP contribution in [0, 0.1) is 0 Å². The number of imide groups is 1. The van der Waals surface area contributed by atoms with Crippen molar-refractivity contribution in [2.24, 2.45) is 0 Å². The maximum Gasteiger partial charge on any atom is 0.244 e. The summed E-state index contributed by atoms with van der Waals surface area (Å²) < 4.78 is 0. The molecule has 2 aliphatic heterocycles. The van der Waals surface area contributed by atoms with E-state index in [4.69, 9.17) is 0 Å². The summed E-state index contributed by atoms with van der Waals surface area (Å²) in [6, 6.07) is 9.05. The molecule has 3 fully saturated rings. The highest BCUT2D eigenvalue weighted by molar-refractivity contribution is 6.04. The van der Waals surface area contributed by atoms with Gasteiger partial charge in [-0.15, -0.1) is 0 Å². The monoisotopic (exact) mass is 395 g/mol. The molecule has 1 aliphatic carbocycles. The maximum absolute atomic E-state index is 13.0. The number of amides is 4. The van der Waals surface area contributed by atoms with Crippen LogP contribution in [0.5, 0.6) is 0 Å². The molecule has 1 aromatic rings. The molecule has 0 bridgehead atoms. The van der Waals surface area contributed by atoms with Crippen molar-refractivity contribution in [1.29, 1.82) is 0 Å². The average Bonchev–Trinajstić information content (AvgIpc) is 3.23. The quantitative estimate of drug-likeness (QED) is 0.607. The Hall–Kier alpha value is -2.96. The molecule has 4 amide bonds. The first-order valence-corrected chi connectivity index (χ1v) is 10.2. The molecule has 0 unspecified atom stereocenters. The van der Waals surface area contributed by atoms with E-state index in [1.807, 2.05) is 30.3 Å². The van der Waals surface area contributed by atoms with Gasteiger partial charge in [-0.3, -0.25) is 24.1 Å². The predicted octanol–water partition coefficient (Wildman–Crippen LogP) is 1.70. The summed E-state index contributed by atoms with van der Waals surface area (Å²) >= 11 is 0. The minimum Gasteiger partial charge on any atom is -0.347 e. The number of carbonyl (C=O) groups excluding carboxylic acids is 4. The van der Waals surface area contributed by atoms with Crippen LogP contribution in [0.4, 0.5) is 0 Å². The van der Waals surface area contributed by atoms with Crippen molar-refractivity contribution in [2.75, 3.05) is 13.1 Å². The molecule has 152 valence electrons. The second-order valence-corrected chi connectivity index (χ2v) is 7.88. The third-order valence-electron chi connectivity index (χ3n) is 5.97. The van der Waals surface area contributed by atoms with Crippen LogP contribution in [0.3, 0.4) is 0 Å². The fraction of sp³-hybridized carbons (Fsp3) is 0.455. The lowest BCUT2D eigenvalue weighted by atomic mass is 9.92. The lowest BCUT2D eigenvalue weighted by Crippen LogP contribution is -2.45. The molecule has 7 heteroatoms. The van der Waals surface area contributed by atoms with Gasteiger partial charge in [-0.2, -0.15) is 0 Å². The Kier molecular flexibility index (Phi) is 5.47. The van der Waals surface area contributed by atoms with Crippen molar-refractivity contribution in [3.05, 3.63) is 47.5 Å². The van der Waals surface area contributed by atoms with Crippen LogP contribution < -0.4 is 5.32 Å². The zero-order valence-corrected chi connectivity index (χ0v) is 16.3. The summed E-state index contributed by atoms with van der Waals surface area (Å²) in [6.45, 7) is 0.238. The van der Waals surface area contributed by atoms with Gasteiger partial charge in [0.1, 0.15) is 6.54 Å². The Morgan fingerprint density at radius 1 is 1.03 bits per heavy atom. The van der Waals surface area contributed by atoms with Gasteiger partial charge < -0.3 is 10.2 Å². The zero-order chi connectivity index (χ0) is 20.4. The molecule has 0 spiro atoms. The zero-order valence-electron chi connectivity index (χ0n) is 16.3. The van der Waals surface area contributed by atoms with Crippen LogP contribution in [0.15, 0.2) is 42.0 Å². The summed E-state index contributed by atoms with van der Waals surface area (Å²) in [7, 11) is 0. The minimum absolute atomic E-state index is 0.121. The molecule has 1 N–H and O–H groups in total. The number of hydrogen-bond donors (Lipinski definition) is 1. The molecule has 1 aromatic carbocycles. The van der Waals surface area contributed by atoms with Gasteiger partial charge in [-0.05, 0) is 31.2 Å². The van der Waals surface area contributed by atoms with Crippen LogP contribution in [0.1, 0.15) is 50.1 Å². The first kappa shape index (κ1) is 19.4. The molecule has 4 rings (SSSR count). The lowest BCUT2D eigenvalue weighted by molar-refractivity contribution is -0.146. The normalized spacial score (nSPS) is 23.9. The van der Waals surface area contributed by atoms with Gasteiger partial charge in [-0.1, -0.05) is 35.9 Å². The predicted molar refractivity (Wildman–Crippen MR) is 105 cm³/mol. The Balaban J connectivity index is 1.51. The second-order valence-electron chi connectivity index (χ2n) is 7.88. The highest BCUT2D eigenvalue weighted by Crippen LogP contribution is 2.33. The SMILES string of the molecule is O=C(C=C1CCC1)N[C@@H]1CCN(C(=O)CN2C(=O)CCC2=O)[C@H]1c1ccccc1. The van der Waals surface area contributed by atoms with Gasteiger partial charge in [0.2, 0.25) is 23.6 Å². The third-order valence-corrected chi connectivity index (χ3v) is 5.97. The summed E-state index contributed by atoms with van der Waals surface area (Å²) in [5.41, 5.74) is 2.09. The molecule has 2 heterocycles. The van der Waals surface area contributed by atoms with Gasteiger partial charge in [0.05, 0.1) is 12.1 Å². The van der Waals surface area contributed by atoms with Crippen LogP contribution in [0.25, 0.3) is 0 Å². The number of rotatable bonds is 5. The van der Waals surface area contributed by atoms with E-state index in [0.717, 1.165) is 35.3 Å². The summed E-state index contributed by atoms with van der Waals surface area (Å²) in [6.07, 6.45) is 5.72. The first-order valence-electron chi connectivity index (χ1n) is 10.2. The van der Waals surface area contributed by atoms with Gasteiger partial charge in [0, 0.05) is 25.5 Å². The molecule has 0 aromatic heterocycles. The molecular formula is C22H25N3O4. The van der Waals surface area contributed by atoms with E-state index in [1.54, 1.807) is 11.0 Å². The standard InChI is InChI=1S/C22H25N3O4/c26-18(13-15-5-4-6-15)23-17-11-12-24(22(17)16-7-2-1-3-8-16)21(29)14-25-19(27)9-10-20(25)28/h1-3,7-8,13,17,22H,4-6,9-12,14H2,(H,23,26)/t17-,22+/m1/s1. The highest BCUT2D eigenvalue weighted by Gasteiger charge is 2.40. The molecule has 2 atom stereocenters. The van der Waals surface area contributed by atoms with Gasteiger partial charge in [0.25, 0.3) is 0 Å². The Bertz CT molecular complexity index is 842. The Morgan fingerprint density at radius 3 is 2.34 bits per heavy atom. The van der Waals surface area contributed by atoms with Crippen LogP contribution in [-0.2, 0) is 19.2 Å². The molecule has 3 aliphatic rings. The second kappa shape index (κ2) is 8.19. The number of likely N-dealkylation sites (tertiary alicyclic amines) is 2. The van der Waals surface area contributed by atoms with E-state index in [2.05, 4.69) is 5.32 Å². The van der Waals surface area contributed by atoms with Crippen molar-refractivity contribution in [1.82, 2.24) is 15.1 Å². The molecule has 2 saturated heterocycles. The van der Waals surface area contributed by atoms with Gasteiger partial charge >= 0.3 is 0 Å². The van der Waals surface area contributed by atoms with E-state index < -0.39 is 0 Å². The van der Waals surface area contributed by atoms with Crippen molar-refractivity contribution >= 4 is 23.6 Å². The minimum atomic E-state index is -0.319. The van der Waals surface area contributed by atoms with Crippen molar-refractivity contribution in [3.63, 3.8) is 0 Å². The largest absolute Gasteiger partial charge is 0.347 e. The smallest absolute Gasteiger partial charge is 0.244 e. The van der Waals surface area contributed by atoms with E-state index in [0.29, 0.717) is 13.0 Å². The van der Waals surface area contributed by atoms with Gasteiger partial charge in [-0.25, -0.2) is 0 Å². The number of benzene rings is 1. The number of nitrogens with one attached hydrogen (secondary N) is 1. The average molecular weight is 395 g/mol. The summed E-state index contributed by atoms with van der Waals surface area (Å²) in [5.74, 6) is -0.979.